The number of Topliss-reactive ketones (excluding diaryl/α,β-unsaturated/α-hetero) is 2. The summed E-state index contributed by atoms with van der Waals surface area (Å²) in [5.74, 6) is -10.9. The SMILES string of the molecule is NC(=O)c1cc(-c2cccnc2[C@@H](CC(=O)Cn2nc(C(F)(F)F)c3c2C(=O)CCC3(F)F)Cc2cc(F)cc(F)c2)ccc1F. The fourth-order valence-electron chi connectivity index (χ4n) is 5.57. The molecule has 2 heterocycles. The number of carbonyl (C=O) groups excluding carboxylic acids is 3. The van der Waals surface area contributed by atoms with E-state index >= 15 is 0 Å². The molecule has 7 nitrogen and oxygen atoms in total. The van der Waals surface area contributed by atoms with Gasteiger partial charge in [0, 0.05) is 43.0 Å². The number of aromatic nitrogens is 3. The van der Waals surface area contributed by atoms with E-state index in [0.717, 1.165) is 24.3 Å². The molecule has 5 rings (SSSR count). The highest BCUT2D eigenvalue weighted by Crippen LogP contribution is 2.46. The quantitative estimate of drug-likeness (QED) is 0.207. The van der Waals surface area contributed by atoms with Crippen LogP contribution in [0.15, 0.2) is 54.7 Å². The molecule has 2 aromatic heterocycles. The number of amides is 1. The zero-order valence-corrected chi connectivity index (χ0v) is 23.5. The van der Waals surface area contributed by atoms with Crippen molar-refractivity contribution in [2.45, 2.75) is 50.2 Å². The van der Waals surface area contributed by atoms with Crippen molar-refractivity contribution >= 4 is 17.5 Å². The van der Waals surface area contributed by atoms with E-state index in [0.29, 0.717) is 10.7 Å². The summed E-state index contributed by atoms with van der Waals surface area (Å²) in [6.45, 7) is -1.02. The maximum Gasteiger partial charge on any atom is 0.435 e. The molecular weight excluding hydrogens is 628 g/mol. The second kappa shape index (κ2) is 12.1. The van der Waals surface area contributed by atoms with Crippen LogP contribution in [0, 0.1) is 17.5 Å². The zero-order valence-electron chi connectivity index (χ0n) is 23.5. The van der Waals surface area contributed by atoms with Crippen LogP contribution in [0.1, 0.15) is 68.5 Å². The summed E-state index contributed by atoms with van der Waals surface area (Å²) in [5.41, 5.74) is 0.878. The Balaban J connectivity index is 1.57. The Labute approximate surface area is 255 Å². The first-order chi connectivity index (χ1) is 21.5. The number of nitrogens with zero attached hydrogens (tertiary/aromatic N) is 3. The Morgan fingerprint density at radius 1 is 1.02 bits per heavy atom. The van der Waals surface area contributed by atoms with E-state index in [-0.39, 0.29) is 28.8 Å². The van der Waals surface area contributed by atoms with Gasteiger partial charge in [0.2, 0.25) is 0 Å². The molecule has 0 saturated heterocycles. The standard InChI is InChI=1S/C31H22F8N4O3/c32-18-9-15(10-19(33)13-18)8-17(26-21(2-1-7-41-26)16-3-4-23(34)22(12-16)29(40)46)11-20(44)14-43-27-24(45)5-6-30(35,36)25(27)28(42-43)31(37,38)39/h1-4,7,9-10,12-13,17H,5-6,8,11,14H2,(H2,40,46)/t17-/m1/s1. The van der Waals surface area contributed by atoms with Crippen LogP contribution in [-0.2, 0) is 29.9 Å². The molecule has 0 spiro atoms. The van der Waals surface area contributed by atoms with E-state index in [9.17, 15) is 49.5 Å². The number of primary amides is 1. The number of hydrogen-bond donors (Lipinski definition) is 1. The minimum absolute atomic E-state index is 0.0643. The van der Waals surface area contributed by atoms with Crippen LogP contribution in [0.4, 0.5) is 35.1 Å². The van der Waals surface area contributed by atoms with Gasteiger partial charge in [0.25, 0.3) is 11.8 Å². The first-order valence-electron chi connectivity index (χ1n) is 13.7. The Bertz CT molecular complexity index is 1850. The van der Waals surface area contributed by atoms with Crippen molar-refractivity contribution < 1.29 is 49.5 Å². The van der Waals surface area contributed by atoms with Crippen molar-refractivity contribution in [1.82, 2.24) is 14.8 Å². The van der Waals surface area contributed by atoms with Crippen molar-refractivity contribution in [2.75, 3.05) is 0 Å². The highest BCUT2D eigenvalue weighted by atomic mass is 19.4. The number of fused-ring (bicyclic) bond motifs is 1. The molecule has 0 unspecified atom stereocenters. The molecule has 1 aliphatic carbocycles. The third-order valence-electron chi connectivity index (χ3n) is 7.49. The van der Waals surface area contributed by atoms with Gasteiger partial charge in [-0.05, 0) is 47.9 Å². The summed E-state index contributed by atoms with van der Waals surface area (Å²) in [7, 11) is 0. The monoisotopic (exact) mass is 650 g/mol. The lowest BCUT2D eigenvalue weighted by molar-refractivity contribution is -0.146. The predicted octanol–water partition coefficient (Wildman–Crippen LogP) is 6.53. The molecule has 1 atom stereocenters. The highest BCUT2D eigenvalue weighted by molar-refractivity contribution is 5.98. The van der Waals surface area contributed by atoms with Crippen molar-refractivity contribution in [1.29, 1.82) is 0 Å². The summed E-state index contributed by atoms with van der Waals surface area (Å²) < 4.78 is 113. The van der Waals surface area contributed by atoms with Gasteiger partial charge in [0.1, 0.15) is 29.7 Å². The van der Waals surface area contributed by atoms with Crippen LogP contribution in [0.25, 0.3) is 11.1 Å². The number of benzene rings is 2. The van der Waals surface area contributed by atoms with Crippen LogP contribution in [0.3, 0.4) is 0 Å². The minimum atomic E-state index is -5.36. The lowest BCUT2D eigenvalue weighted by atomic mass is 9.86. The number of nitrogens with two attached hydrogens (primary N) is 1. The second-order valence-corrected chi connectivity index (χ2v) is 10.8. The van der Waals surface area contributed by atoms with Gasteiger partial charge in [-0.25, -0.2) is 22.0 Å². The topological polar surface area (TPSA) is 108 Å². The minimum Gasteiger partial charge on any atom is -0.366 e. The predicted molar refractivity (Wildman–Crippen MR) is 145 cm³/mol. The lowest BCUT2D eigenvalue weighted by Crippen LogP contribution is -2.29. The van der Waals surface area contributed by atoms with E-state index < -0.39 is 101 Å². The molecule has 46 heavy (non-hydrogen) atoms. The normalized spacial score (nSPS) is 15.0. The molecule has 1 aliphatic rings. The summed E-state index contributed by atoms with van der Waals surface area (Å²) in [6, 6.07) is 8.99. The number of hydrogen-bond acceptors (Lipinski definition) is 5. The maximum absolute atomic E-state index is 14.6. The molecule has 0 aliphatic heterocycles. The molecule has 0 fully saturated rings. The fraction of sp³-hybridized carbons (Fsp3) is 0.258. The van der Waals surface area contributed by atoms with Crippen molar-refractivity contribution in [3.05, 3.63) is 106 Å². The average Bonchev–Trinajstić information content (AvgIpc) is 3.36. The molecule has 0 saturated carbocycles. The second-order valence-electron chi connectivity index (χ2n) is 10.8. The Kier molecular flexibility index (Phi) is 8.53. The van der Waals surface area contributed by atoms with Crippen LogP contribution in [-0.4, -0.2) is 32.2 Å². The van der Waals surface area contributed by atoms with E-state index in [1.165, 1.54) is 24.4 Å². The van der Waals surface area contributed by atoms with Crippen LogP contribution < -0.4 is 5.73 Å². The van der Waals surface area contributed by atoms with Crippen molar-refractivity contribution in [3.8, 4) is 11.1 Å². The lowest BCUT2D eigenvalue weighted by Gasteiger charge is -2.23. The first-order valence-corrected chi connectivity index (χ1v) is 13.7. The van der Waals surface area contributed by atoms with Crippen LogP contribution in [0.5, 0.6) is 0 Å². The van der Waals surface area contributed by atoms with E-state index in [4.69, 9.17) is 5.73 Å². The number of halogens is 8. The number of carbonyl (C=O) groups is 3. The molecule has 0 radical (unpaired) electrons. The molecular formula is C31H22F8N4O3. The third-order valence-corrected chi connectivity index (χ3v) is 7.49. The van der Waals surface area contributed by atoms with E-state index in [1.54, 1.807) is 0 Å². The van der Waals surface area contributed by atoms with Gasteiger partial charge in [-0.3, -0.25) is 24.0 Å². The Morgan fingerprint density at radius 3 is 2.37 bits per heavy atom. The maximum atomic E-state index is 14.6. The molecule has 4 aromatic rings. The molecule has 15 heteroatoms. The first kappa shape index (κ1) is 32.4. The molecule has 0 bridgehead atoms. The molecule has 1 amide bonds. The van der Waals surface area contributed by atoms with E-state index in [1.807, 2.05) is 0 Å². The average molecular weight is 651 g/mol. The van der Waals surface area contributed by atoms with Gasteiger partial charge in [-0.1, -0.05) is 12.1 Å². The Hall–Kier alpha value is -4.95. The summed E-state index contributed by atoms with van der Waals surface area (Å²) in [4.78, 5) is 42.1. The number of pyridine rings is 1. The van der Waals surface area contributed by atoms with Gasteiger partial charge < -0.3 is 5.73 Å². The molecule has 2 N–H and O–H groups in total. The largest absolute Gasteiger partial charge is 0.435 e. The number of rotatable bonds is 9. The molecule has 2 aromatic carbocycles. The van der Waals surface area contributed by atoms with Crippen molar-refractivity contribution in [2.24, 2.45) is 5.73 Å². The number of ketones is 2. The molecule has 240 valence electrons. The van der Waals surface area contributed by atoms with Gasteiger partial charge in [-0.2, -0.15) is 18.3 Å². The fourth-order valence-corrected chi connectivity index (χ4v) is 5.57. The van der Waals surface area contributed by atoms with E-state index in [2.05, 4.69) is 10.1 Å². The zero-order chi connectivity index (χ0) is 33.6. The summed E-state index contributed by atoms with van der Waals surface area (Å²) in [6.07, 6.45) is -6.79. The number of alkyl halides is 5. The summed E-state index contributed by atoms with van der Waals surface area (Å²) >= 11 is 0. The van der Waals surface area contributed by atoms with Gasteiger partial charge >= 0.3 is 6.18 Å². The van der Waals surface area contributed by atoms with Gasteiger partial charge in [-0.15, -0.1) is 0 Å². The van der Waals surface area contributed by atoms with Gasteiger partial charge in [0.05, 0.1) is 16.8 Å². The van der Waals surface area contributed by atoms with Gasteiger partial charge in [0.15, 0.2) is 17.3 Å². The summed E-state index contributed by atoms with van der Waals surface area (Å²) in [5, 5.41) is 3.21. The Morgan fingerprint density at radius 2 is 1.72 bits per heavy atom. The third kappa shape index (κ3) is 6.53. The highest BCUT2D eigenvalue weighted by Gasteiger charge is 2.52. The smallest absolute Gasteiger partial charge is 0.366 e. The van der Waals surface area contributed by atoms with Crippen LogP contribution >= 0.6 is 0 Å². The van der Waals surface area contributed by atoms with Crippen molar-refractivity contribution in [3.63, 3.8) is 0 Å². The van der Waals surface area contributed by atoms with Crippen LogP contribution in [0.2, 0.25) is 0 Å².